The van der Waals surface area contributed by atoms with Gasteiger partial charge in [-0.2, -0.15) is 0 Å². The number of ether oxygens (including phenoxy) is 2. The van der Waals surface area contributed by atoms with Crippen molar-refractivity contribution in [2.75, 3.05) is 40.3 Å². The molecule has 1 aliphatic carbocycles. The van der Waals surface area contributed by atoms with Gasteiger partial charge < -0.3 is 19.3 Å². The Kier molecular flexibility index (Phi) is 9.51. The number of fused-ring (bicyclic) bond motifs is 2. The van der Waals surface area contributed by atoms with Crippen LogP contribution in [0.3, 0.4) is 0 Å². The molecule has 3 aliphatic rings. The van der Waals surface area contributed by atoms with Gasteiger partial charge in [0.1, 0.15) is 11.5 Å². The van der Waals surface area contributed by atoms with Gasteiger partial charge in [0.25, 0.3) is 5.91 Å². The normalized spacial score (nSPS) is 24.2. The maximum Gasteiger partial charge on any atom is 0.416 e. The summed E-state index contributed by atoms with van der Waals surface area (Å²) in [5.74, 6) is 0.787. The number of amides is 3. The van der Waals surface area contributed by atoms with Crippen LogP contribution in [0.2, 0.25) is 0 Å². The van der Waals surface area contributed by atoms with Crippen molar-refractivity contribution in [3.8, 4) is 11.5 Å². The molecule has 1 unspecified atom stereocenters. The summed E-state index contributed by atoms with van der Waals surface area (Å²) in [6.45, 7) is 5.26. The average molecular weight is 577 g/mol. The third-order valence-electron chi connectivity index (χ3n) is 9.43. The van der Waals surface area contributed by atoms with Crippen molar-refractivity contribution in [3.05, 3.63) is 59.2 Å². The number of hydrogen-bond acceptors (Lipinski definition) is 5. The average Bonchev–Trinajstić information content (AvgIpc) is 2.97. The van der Waals surface area contributed by atoms with Crippen LogP contribution in [-0.4, -0.2) is 73.7 Å². The third kappa shape index (κ3) is 6.80. The van der Waals surface area contributed by atoms with E-state index in [4.69, 9.17) is 9.47 Å². The highest BCUT2D eigenvalue weighted by molar-refractivity contribution is 6.03. The number of benzene rings is 2. The fraction of sp³-hybridized carbons (Fsp3) is 0.559. The molecule has 1 N–H and O–H groups in total. The molecule has 1 atom stereocenters. The second-order valence-corrected chi connectivity index (χ2v) is 12.6. The Morgan fingerprint density at radius 2 is 1.60 bits per heavy atom. The summed E-state index contributed by atoms with van der Waals surface area (Å²) >= 11 is 0. The number of para-hydroxylation sites is 1. The van der Waals surface area contributed by atoms with E-state index in [1.54, 1.807) is 25.1 Å². The SMILES string of the molecule is CCOC(=O)N(C)C(=O)c1ccc2c(c1)C(C(=O)NC1CC[N+](C)(CC3CCCCCCC3)CC1)c1ccccc1O2. The number of quaternary nitrogens is 1. The minimum absolute atomic E-state index is 0.0866. The van der Waals surface area contributed by atoms with Gasteiger partial charge in [0.15, 0.2) is 0 Å². The monoisotopic (exact) mass is 576 g/mol. The van der Waals surface area contributed by atoms with Gasteiger partial charge in [-0.15, -0.1) is 0 Å². The summed E-state index contributed by atoms with van der Waals surface area (Å²) in [5.41, 5.74) is 1.69. The summed E-state index contributed by atoms with van der Waals surface area (Å²) in [6, 6.07) is 12.7. The van der Waals surface area contributed by atoms with Crippen molar-refractivity contribution in [2.45, 2.75) is 76.7 Å². The first-order chi connectivity index (χ1) is 20.3. The lowest BCUT2D eigenvalue weighted by Gasteiger charge is -2.43. The van der Waals surface area contributed by atoms with Gasteiger partial charge in [-0.3, -0.25) is 9.59 Å². The number of rotatable bonds is 6. The van der Waals surface area contributed by atoms with Gasteiger partial charge in [-0.25, -0.2) is 9.69 Å². The summed E-state index contributed by atoms with van der Waals surface area (Å²) in [5, 5.41) is 3.36. The lowest BCUT2D eigenvalue weighted by molar-refractivity contribution is -0.917. The number of carbonyl (C=O) groups excluding carboxylic acids is 3. The van der Waals surface area contributed by atoms with Crippen molar-refractivity contribution in [2.24, 2.45) is 5.92 Å². The molecule has 0 bridgehead atoms. The topological polar surface area (TPSA) is 84.9 Å². The quantitative estimate of drug-likeness (QED) is 0.412. The van der Waals surface area contributed by atoms with Gasteiger partial charge >= 0.3 is 6.09 Å². The number of likely N-dealkylation sites (tertiary alicyclic amines) is 1. The first-order valence-corrected chi connectivity index (χ1v) is 15.8. The molecular weight excluding hydrogens is 530 g/mol. The fourth-order valence-electron chi connectivity index (χ4n) is 7.03. The Balaban J connectivity index is 1.30. The number of hydrogen-bond donors (Lipinski definition) is 1. The van der Waals surface area contributed by atoms with E-state index in [-0.39, 0.29) is 18.6 Å². The zero-order valence-corrected chi connectivity index (χ0v) is 25.4. The Labute approximate surface area is 249 Å². The van der Waals surface area contributed by atoms with Gasteiger partial charge in [-0.05, 0) is 44.0 Å². The second kappa shape index (κ2) is 13.3. The van der Waals surface area contributed by atoms with Gasteiger partial charge in [0.05, 0.1) is 39.2 Å². The van der Waals surface area contributed by atoms with E-state index in [0.717, 1.165) is 46.8 Å². The van der Waals surface area contributed by atoms with Crippen molar-refractivity contribution in [1.29, 1.82) is 0 Å². The molecule has 2 aliphatic heterocycles. The van der Waals surface area contributed by atoms with Crippen LogP contribution in [0.1, 0.15) is 92.1 Å². The Hall–Kier alpha value is -3.39. The summed E-state index contributed by atoms with van der Waals surface area (Å²) in [6.07, 6.45) is 10.8. The standard InChI is InChI=1S/C34H45N3O5/c1-4-41-34(40)36(2)33(39)25-16-17-30-28(22-25)31(27-14-10-11-15-29(27)42-30)32(38)35-26-18-20-37(3,21-19-26)23-24-12-8-6-5-7-9-13-24/h10-11,14-17,22,24,26,31H,4-9,12-13,18-21,23H2,1-3H3/p+1. The van der Waals surface area contributed by atoms with E-state index in [0.29, 0.717) is 22.6 Å². The predicted molar refractivity (Wildman–Crippen MR) is 162 cm³/mol. The number of nitrogens with one attached hydrogen (secondary N) is 1. The van der Waals surface area contributed by atoms with E-state index in [1.807, 2.05) is 24.3 Å². The molecular formula is C34H46N3O5+. The van der Waals surface area contributed by atoms with Crippen LogP contribution in [0.25, 0.3) is 0 Å². The summed E-state index contributed by atoms with van der Waals surface area (Å²) in [4.78, 5) is 40.2. The molecule has 8 heteroatoms. The highest BCUT2D eigenvalue weighted by atomic mass is 16.6. The largest absolute Gasteiger partial charge is 0.457 e. The van der Waals surface area contributed by atoms with Crippen LogP contribution in [-0.2, 0) is 9.53 Å². The van der Waals surface area contributed by atoms with Crippen LogP contribution < -0.4 is 10.1 Å². The van der Waals surface area contributed by atoms with Crippen LogP contribution in [0, 0.1) is 5.92 Å². The molecule has 226 valence electrons. The van der Waals surface area contributed by atoms with E-state index in [1.165, 1.54) is 58.5 Å². The number of imide groups is 1. The van der Waals surface area contributed by atoms with Crippen molar-refractivity contribution in [3.63, 3.8) is 0 Å². The van der Waals surface area contributed by atoms with Gasteiger partial charge in [0.2, 0.25) is 5.91 Å². The molecule has 2 aromatic carbocycles. The highest BCUT2D eigenvalue weighted by Crippen LogP contribution is 2.44. The number of nitrogens with zero attached hydrogens (tertiary/aromatic N) is 2. The zero-order valence-electron chi connectivity index (χ0n) is 25.4. The Morgan fingerprint density at radius 3 is 2.31 bits per heavy atom. The maximum atomic E-state index is 14.0. The molecule has 1 saturated carbocycles. The van der Waals surface area contributed by atoms with Crippen molar-refractivity contribution >= 4 is 17.9 Å². The van der Waals surface area contributed by atoms with Crippen LogP contribution >= 0.6 is 0 Å². The molecule has 0 radical (unpaired) electrons. The Morgan fingerprint density at radius 1 is 0.929 bits per heavy atom. The zero-order chi connectivity index (χ0) is 29.7. The molecule has 8 nitrogen and oxygen atoms in total. The number of piperidine rings is 1. The van der Waals surface area contributed by atoms with Crippen LogP contribution in [0.4, 0.5) is 4.79 Å². The first-order valence-electron chi connectivity index (χ1n) is 15.8. The van der Waals surface area contributed by atoms with E-state index >= 15 is 0 Å². The molecule has 2 fully saturated rings. The van der Waals surface area contributed by atoms with Gasteiger partial charge in [-0.1, -0.05) is 50.3 Å². The van der Waals surface area contributed by atoms with E-state index in [9.17, 15) is 14.4 Å². The lowest BCUT2D eigenvalue weighted by Crippen LogP contribution is -2.56. The molecule has 0 spiro atoms. The highest BCUT2D eigenvalue weighted by Gasteiger charge is 2.37. The second-order valence-electron chi connectivity index (χ2n) is 12.6. The minimum atomic E-state index is -0.714. The lowest BCUT2D eigenvalue weighted by atomic mass is 9.85. The molecule has 0 aromatic heterocycles. The number of carbonyl (C=O) groups is 3. The molecule has 2 aromatic rings. The summed E-state index contributed by atoms with van der Waals surface area (Å²) < 4.78 is 12.2. The minimum Gasteiger partial charge on any atom is -0.457 e. The Bertz CT molecular complexity index is 1280. The molecule has 5 rings (SSSR count). The van der Waals surface area contributed by atoms with E-state index in [2.05, 4.69) is 12.4 Å². The first kappa shape index (κ1) is 30.1. The fourth-order valence-corrected chi connectivity index (χ4v) is 7.03. The van der Waals surface area contributed by atoms with Crippen LogP contribution in [0.15, 0.2) is 42.5 Å². The van der Waals surface area contributed by atoms with Crippen molar-refractivity contribution < 1.29 is 28.3 Å². The molecule has 42 heavy (non-hydrogen) atoms. The molecule has 3 amide bonds. The van der Waals surface area contributed by atoms with Crippen LogP contribution in [0.5, 0.6) is 11.5 Å². The molecule has 2 heterocycles. The third-order valence-corrected chi connectivity index (χ3v) is 9.43. The van der Waals surface area contributed by atoms with Gasteiger partial charge in [0, 0.05) is 48.5 Å². The smallest absolute Gasteiger partial charge is 0.416 e. The summed E-state index contributed by atoms with van der Waals surface area (Å²) in [7, 11) is 3.79. The maximum absolute atomic E-state index is 14.0. The van der Waals surface area contributed by atoms with E-state index < -0.39 is 17.9 Å². The van der Waals surface area contributed by atoms with Crippen molar-refractivity contribution in [1.82, 2.24) is 10.2 Å². The molecule has 1 saturated heterocycles. The predicted octanol–water partition coefficient (Wildman–Crippen LogP) is 6.24.